The van der Waals surface area contributed by atoms with Gasteiger partial charge in [0.05, 0.1) is 5.75 Å². The van der Waals surface area contributed by atoms with Gasteiger partial charge in [0.25, 0.3) is 0 Å². The van der Waals surface area contributed by atoms with Crippen LogP contribution in [0.25, 0.3) is 11.4 Å². The molecule has 2 aromatic heterocycles. The van der Waals surface area contributed by atoms with E-state index in [9.17, 15) is 4.79 Å². The van der Waals surface area contributed by atoms with E-state index in [0.29, 0.717) is 5.75 Å². The summed E-state index contributed by atoms with van der Waals surface area (Å²) < 4.78 is 2.04. The molecule has 0 bridgehead atoms. The lowest BCUT2D eigenvalue weighted by atomic mass is 9.90. The Labute approximate surface area is 163 Å². The van der Waals surface area contributed by atoms with Crippen LogP contribution in [-0.4, -0.2) is 31.3 Å². The second kappa shape index (κ2) is 8.05. The van der Waals surface area contributed by atoms with Crippen molar-refractivity contribution in [2.24, 2.45) is 0 Å². The van der Waals surface area contributed by atoms with Gasteiger partial charge in [-0.15, -0.1) is 10.2 Å². The molecule has 0 saturated heterocycles. The zero-order valence-corrected chi connectivity index (χ0v) is 16.2. The summed E-state index contributed by atoms with van der Waals surface area (Å²) in [6.07, 6.45) is 8.19. The fraction of sp³-hybridized carbons (Fsp3) is 0.333. The summed E-state index contributed by atoms with van der Waals surface area (Å²) in [6, 6.07) is 10.0. The largest absolute Gasteiger partial charge is 0.302 e. The van der Waals surface area contributed by atoms with Crippen molar-refractivity contribution >= 4 is 17.5 Å². The maximum atomic E-state index is 12.7. The number of pyridine rings is 1. The predicted octanol–water partition coefficient (Wildman–Crippen LogP) is 4.21. The van der Waals surface area contributed by atoms with Crippen LogP contribution in [0.1, 0.15) is 41.3 Å². The summed E-state index contributed by atoms with van der Waals surface area (Å²) in [4.78, 5) is 16.7. The van der Waals surface area contributed by atoms with Gasteiger partial charge in [-0.05, 0) is 61.9 Å². The molecular weight excluding hydrogens is 356 g/mol. The van der Waals surface area contributed by atoms with Crippen molar-refractivity contribution in [3.63, 3.8) is 0 Å². The third-order valence-electron chi connectivity index (χ3n) is 4.97. The zero-order chi connectivity index (χ0) is 18.6. The highest BCUT2D eigenvalue weighted by molar-refractivity contribution is 7.99. The van der Waals surface area contributed by atoms with Crippen LogP contribution in [0.3, 0.4) is 0 Å². The highest BCUT2D eigenvalue weighted by Gasteiger charge is 2.17. The number of hydrogen-bond donors (Lipinski definition) is 0. The number of thioether (sulfide) groups is 1. The minimum Gasteiger partial charge on any atom is -0.302 e. The third-order valence-corrected chi connectivity index (χ3v) is 5.94. The molecule has 0 unspecified atom stereocenters. The molecule has 2 heterocycles. The molecule has 6 heteroatoms. The number of fused-ring (bicyclic) bond motifs is 1. The number of nitrogens with zero attached hydrogens (tertiary/aromatic N) is 4. The lowest BCUT2D eigenvalue weighted by molar-refractivity contribution is 0.102. The highest BCUT2D eigenvalue weighted by atomic mass is 32.2. The summed E-state index contributed by atoms with van der Waals surface area (Å²) in [5.41, 5.74) is 4.53. The monoisotopic (exact) mass is 378 g/mol. The van der Waals surface area contributed by atoms with E-state index in [0.717, 1.165) is 41.5 Å². The SMILES string of the molecule is CCn1c(SCC(=O)c2ccc3c(c2)CCCC3)nnc1-c1ccncc1. The molecule has 5 nitrogen and oxygen atoms in total. The number of aromatic nitrogens is 4. The molecule has 0 radical (unpaired) electrons. The fourth-order valence-electron chi connectivity index (χ4n) is 3.52. The van der Waals surface area contributed by atoms with Crippen molar-refractivity contribution in [1.29, 1.82) is 0 Å². The Kier molecular flexibility index (Phi) is 5.34. The van der Waals surface area contributed by atoms with Crippen molar-refractivity contribution in [1.82, 2.24) is 19.7 Å². The standard InChI is InChI=1S/C21H22N4OS/c1-2-25-20(16-9-11-22-12-10-16)23-24-21(25)27-14-19(26)18-8-7-15-5-3-4-6-17(15)13-18/h7-13H,2-6,14H2,1H3. The lowest BCUT2D eigenvalue weighted by Crippen LogP contribution is -2.08. The summed E-state index contributed by atoms with van der Waals surface area (Å²) in [5.74, 6) is 1.32. The van der Waals surface area contributed by atoms with Crippen molar-refractivity contribution in [2.75, 3.05) is 5.75 Å². The Hall–Kier alpha value is -2.47. The van der Waals surface area contributed by atoms with Gasteiger partial charge in [-0.2, -0.15) is 0 Å². The molecule has 0 N–H and O–H groups in total. The van der Waals surface area contributed by atoms with E-state index in [1.165, 1.54) is 35.7 Å². The number of rotatable bonds is 6. The predicted molar refractivity (Wildman–Crippen MR) is 107 cm³/mol. The first kappa shape index (κ1) is 17.9. The van der Waals surface area contributed by atoms with E-state index in [2.05, 4.69) is 34.2 Å². The normalized spacial score (nSPS) is 13.4. The summed E-state index contributed by atoms with van der Waals surface area (Å²) in [6.45, 7) is 2.81. The van der Waals surface area contributed by atoms with E-state index >= 15 is 0 Å². The molecule has 0 atom stereocenters. The summed E-state index contributed by atoms with van der Waals surface area (Å²) in [5, 5.41) is 9.39. The van der Waals surface area contributed by atoms with Crippen LogP contribution in [0.5, 0.6) is 0 Å². The average Bonchev–Trinajstić information content (AvgIpc) is 3.15. The Morgan fingerprint density at radius 2 is 1.85 bits per heavy atom. The quantitative estimate of drug-likeness (QED) is 0.475. The molecule has 0 saturated carbocycles. The van der Waals surface area contributed by atoms with Gasteiger partial charge in [0.15, 0.2) is 16.8 Å². The molecule has 4 rings (SSSR count). The molecule has 0 amide bonds. The number of carbonyl (C=O) groups is 1. The number of carbonyl (C=O) groups excluding carboxylic acids is 1. The molecule has 138 valence electrons. The summed E-state index contributed by atoms with van der Waals surface area (Å²) >= 11 is 1.45. The maximum Gasteiger partial charge on any atom is 0.191 e. The van der Waals surface area contributed by atoms with Crippen molar-refractivity contribution in [3.8, 4) is 11.4 Å². The van der Waals surface area contributed by atoms with E-state index < -0.39 is 0 Å². The van der Waals surface area contributed by atoms with E-state index in [1.54, 1.807) is 12.4 Å². The second-order valence-electron chi connectivity index (χ2n) is 6.69. The molecule has 0 aliphatic heterocycles. The molecule has 0 spiro atoms. The summed E-state index contributed by atoms with van der Waals surface area (Å²) in [7, 11) is 0. The Morgan fingerprint density at radius 3 is 2.63 bits per heavy atom. The van der Waals surface area contributed by atoms with Gasteiger partial charge in [-0.25, -0.2) is 0 Å². The zero-order valence-electron chi connectivity index (χ0n) is 15.4. The maximum absolute atomic E-state index is 12.7. The number of benzene rings is 1. The van der Waals surface area contributed by atoms with Crippen LogP contribution in [0, 0.1) is 0 Å². The van der Waals surface area contributed by atoms with Crippen LogP contribution >= 0.6 is 11.8 Å². The van der Waals surface area contributed by atoms with Crippen molar-refractivity contribution in [3.05, 3.63) is 59.4 Å². The van der Waals surface area contributed by atoms with Gasteiger partial charge in [0.1, 0.15) is 0 Å². The van der Waals surface area contributed by atoms with Gasteiger partial charge in [-0.3, -0.25) is 9.78 Å². The van der Waals surface area contributed by atoms with Gasteiger partial charge in [0, 0.05) is 30.1 Å². The van der Waals surface area contributed by atoms with E-state index in [1.807, 2.05) is 22.8 Å². The topological polar surface area (TPSA) is 60.7 Å². The fourth-order valence-corrected chi connectivity index (χ4v) is 4.41. The first-order valence-corrected chi connectivity index (χ1v) is 10.4. The molecule has 1 aromatic carbocycles. The van der Waals surface area contributed by atoms with Gasteiger partial charge in [-0.1, -0.05) is 23.9 Å². The Bertz CT molecular complexity index is 952. The van der Waals surface area contributed by atoms with E-state index in [4.69, 9.17) is 0 Å². The minimum absolute atomic E-state index is 0.143. The molecule has 0 fully saturated rings. The van der Waals surface area contributed by atoms with Crippen LogP contribution in [0.15, 0.2) is 47.9 Å². The molecule has 1 aliphatic rings. The number of ketones is 1. The van der Waals surface area contributed by atoms with Crippen LogP contribution < -0.4 is 0 Å². The molecule has 27 heavy (non-hydrogen) atoms. The van der Waals surface area contributed by atoms with Crippen molar-refractivity contribution < 1.29 is 4.79 Å². The minimum atomic E-state index is 0.143. The molecular formula is C21H22N4OS. The Balaban J connectivity index is 1.49. The number of Topliss-reactive ketones (excluding diaryl/α,β-unsaturated/α-hetero) is 1. The van der Waals surface area contributed by atoms with Crippen molar-refractivity contribution in [2.45, 2.75) is 44.3 Å². The molecule has 3 aromatic rings. The average molecular weight is 379 g/mol. The second-order valence-corrected chi connectivity index (χ2v) is 7.63. The third kappa shape index (κ3) is 3.81. The van der Waals surface area contributed by atoms with Gasteiger partial charge < -0.3 is 4.57 Å². The smallest absolute Gasteiger partial charge is 0.191 e. The first-order valence-electron chi connectivity index (χ1n) is 9.37. The first-order chi connectivity index (χ1) is 13.3. The van der Waals surface area contributed by atoms with Crippen LogP contribution in [0.4, 0.5) is 0 Å². The highest BCUT2D eigenvalue weighted by Crippen LogP contribution is 2.26. The Morgan fingerprint density at radius 1 is 1.07 bits per heavy atom. The number of aryl methyl sites for hydroxylation is 2. The van der Waals surface area contributed by atoms with Crippen LogP contribution in [0.2, 0.25) is 0 Å². The van der Waals surface area contributed by atoms with E-state index in [-0.39, 0.29) is 5.78 Å². The molecule has 1 aliphatic carbocycles. The number of hydrogen-bond acceptors (Lipinski definition) is 5. The van der Waals surface area contributed by atoms with Crippen LogP contribution in [-0.2, 0) is 19.4 Å². The van der Waals surface area contributed by atoms with Gasteiger partial charge in [0.2, 0.25) is 0 Å². The van der Waals surface area contributed by atoms with Gasteiger partial charge >= 0.3 is 0 Å². The lowest BCUT2D eigenvalue weighted by Gasteiger charge is -2.16.